The summed E-state index contributed by atoms with van der Waals surface area (Å²) in [5.74, 6) is -3.05. The molecule has 5 aromatic carbocycles. The van der Waals surface area contributed by atoms with Gasteiger partial charge in [-0.2, -0.15) is 0 Å². The third-order valence-corrected chi connectivity index (χ3v) is 10.8. The van der Waals surface area contributed by atoms with Crippen LogP contribution in [-0.2, 0) is 25.2 Å². The molecule has 0 spiro atoms. The fourth-order valence-corrected chi connectivity index (χ4v) is 8.72. The summed E-state index contributed by atoms with van der Waals surface area (Å²) in [6.07, 6.45) is 0. The first-order chi connectivity index (χ1) is 22.3. The molecule has 1 saturated heterocycles. The van der Waals surface area contributed by atoms with E-state index in [2.05, 4.69) is 15.9 Å². The maximum absolute atomic E-state index is 15.9. The molecule has 0 aromatic heterocycles. The number of rotatable bonds is 5. The molecule has 1 aliphatic heterocycles. The first-order valence-corrected chi connectivity index (χ1v) is 16.4. The lowest BCUT2D eigenvalue weighted by Gasteiger charge is -2.39. The van der Waals surface area contributed by atoms with Gasteiger partial charge in [0.05, 0.1) is 28.4 Å². The van der Waals surface area contributed by atoms with Crippen LogP contribution in [0.15, 0.2) is 138 Å². The third kappa shape index (κ3) is 3.77. The molecule has 3 aliphatic rings. The molecule has 2 amide bonds. The lowest BCUT2D eigenvalue weighted by atomic mass is 9.59. The van der Waals surface area contributed by atoms with Crippen LogP contribution >= 0.6 is 39.1 Å². The van der Waals surface area contributed by atoms with Gasteiger partial charge in [-0.25, -0.2) is 4.90 Å². The number of imide groups is 1. The number of ketones is 1. The summed E-state index contributed by atoms with van der Waals surface area (Å²) in [5.41, 5.74) is 1.76. The first kappa shape index (κ1) is 29.1. The van der Waals surface area contributed by atoms with Crippen molar-refractivity contribution in [3.63, 3.8) is 0 Å². The van der Waals surface area contributed by atoms with E-state index in [4.69, 9.17) is 23.2 Å². The summed E-state index contributed by atoms with van der Waals surface area (Å²) < 4.78 is 0.820. The molecule has 0 radical (unpaired) electrons. The quantitative estimate of drug-likeness (QED) is 0.172. The number of halogens is 3. The van der Waals surface area contributed by atoms with Crippen molar-refractivity contribution in [3.8, 4) is 0 Å². The van der Waals surface area contributed by atoms with Gasteiger partial charge in [0, 0.05) is 14.5 Å². The Morgan fingerprint density at radius 1 is 0.522 bits per heavy atom. The van der Waals surface area contributed by atoms with Gasteiger partial charge in [-0.3, -0.25) is 14.4 Å². The largest absolute Gasteiger partial charge is 0.297 e. The highest BCUT2D eigenvalue weighted by atomic mass is 79.9. The Morgan fingerprint density at radius 3 is 1.30 bits per heavy atom. The summed E-state index contributed by atoms with van der Waals surface area (Å²) in [6.45, 7) is 0. The van der Waals surface area contributed by atoms with E-state index < -0.39 is 34.5 Å². The van der Waals surface area contributed by atoms with Gasteiger partial charge in [0.2, 0.25) is 11.8 Å². The molecule has 1 saturated carbocycles. The summed E-state index contributed by atoms with van der Waals surface area (Å²) in [5, 5.41) is 1.01. The molecular weight excluding hydrogens is 681 g/mol. The number of carbonyl (C=O) groups excluding carboxylic acids is 3. The van der Waals surface area contributed by atoms with E-state index in [9.17, 15) is 9.59 Å². The Kier molecular flexibility index (Phi) is 6.73. The van der Waals surface area contributed by atoms with E-state index in [1.54, 1.807) is 48.5 Å². The van der Waals surface area contributed by atoms with Crippen molar-refractivity contribution in [1.29, 1.82) is 0 Å². The minimum atomic E-state index is -1.50. The van der Waals surface area contributed by atoms with Crippen molar-refractivity contribution in [2.45, 2.75) is 10.8 Å². The van der Waals surface area contributed by atoms with Gasteiger partial charge in [-0.1, -0.05) is 124 Å². The summed E-state index contributed by atoms with van der Waals surface area (Å²) >= 11 is 16.3. The van der Waals surface area contributed by atoms with Crippen LogP contribution in [-0.4, -0.2) is 17.6 Å². The number of amides is 2. The lowest BCUT2D eigenvalue weighted by molar-refractivity contribution is -0.130. The second-order valence-corrected chi connectivity index (χ2v) is 13.7. The fourth-order valence-electron chi connectivity index (χ4n) is 8.20. The SMILES string of the molecule is O=C1[C@@H]2[C@@H](C(=O)N1c1ccc(Br)cc1)[C@@]1(c3ccc(Cl)cc3)C(=O)[C@@]2(c2ccc(Cl)cc2)C(c2ccccc2)=C1c1ccccc1. The molecule has 224 valence electrons. The number of anilines is 1. The highest BCUT2D eigenvalue weighted by molar-refractivity contribution is 9.10. The Morgan fingerprint density at radius 2 is 0.913 bits per heavy atom. The van der Waals surface area contributed by atoms with Crippen LogP contribution in [0.5, 0.6) is 0 Å². The number of hydrogen-bond acceptors (Lipinski definition) is 3. The standard InChI is InChI=1S/C39H24BrCl2NO3/c40-27-15-21-30(22-16-27)43-35(44)33-34(36(43)45)39(26-13-19-29(42)20-14-26)32(24-9-5-2-6-10-24)31(23-7-3-1-4-8-23)38(33,37(39)46)25-11-17-28(41)18-12-25/h1-22,33-34H/t33-,34-,38-,39-/m0/s1. The molecule has 4 nitrogen and oxygen atoms in total. The van der Waals surface area contributed by atoms with E-state index >= 15 is 4.79 Å². The van der Waals surface area contributed by atoms with Crippen LogP contribution in [0.2, 0.25) is 10.0 Å². The van der Waals surface area contributed by atoms with Crippen LogP contribution in [0.1, 0.15) is 22.3 Å². The summed E-state index contributed by atoms with van der Waals surface area (Å²) in [6, 6.07) is 40.8. The molecule has 4 atom stereocenters. The third-order valence-electron chi connectivity index (χ3n) is 9.80. The van der Waals surface area contributed by atoms with E-state index in [-0.39, 0.29) is 5.78 Å². The van der Waals surface area contributed by atoms with Gasteiger partial charge in [0.25, 0.3) is 0 Å². The number of carbonyl (C=O) groups is 3. The molecule has 2 bridgehead atoms. The lowest BCUT2D eigenvalue weighted by Crippen LogP contribution is -2.45. The van der Waals surface area contributed by atoms with Gasteiger partial charge in [-0.15, -0.1) is 0 Å². The molecular formula is C39H24BrCl2NO3. The van der Waals surface area contributed by atoms with Crippen molar-refractivity contribution in [2.24, 2.45) is 11.8 Å². The average Bonchev–Trinajstić information content (AvgIpc) is 3.58. The zero-order chi connectivity index (χ0) is 31.8. The van der Waals surface area contributed by atoms with Gasteiger partial charge in [0.1, 0.15) is 0 Å². The molecule has 8 rings (SSSR count). The van der Waals surface area contributed by atoms with E-state index in [1.807, 2.05) is 84.9 Å². The van der Waals surface area contributed by atoms with E-state index in [0.717, 1.165) is 26.7 Å². The Bertz CT molecular complexity index is 1950. The second kappa shape index (κ2) is 10.6. The number of hydrogen-bond donors (Lipinski definition) is 0. The number of Topliss-reactive ketones (excluding diaryl/α,β-unsaturated/α-hetero) is 1. The summed E-state index contributed by atoms with van der Waals surface area (Å²) in [7, 11) is 0. The molecule has 2 aliphatic carbocycles. The zero-order valence-electron chi connectivity index (χ0n) is 24.2. The molecule has 46 heavy (non-hydrogen) atoms. The van der Waals surface area contributed by atoms with Crippen LogP contribution < -0.4 is 4.90 Å². The average molecular weight is 705 g/mol. The van der Waals surface area contributed by atoms with Crippen molar-refractivity contribution >= 4 is 73.6 Å². The zero-order valence-corrected chi connectivity index (χ0v) is 27.3. The van der Waals surface area contributed by atoms with Gasteiger partial charge in [-0.05, 0) is 81.9 Å². The van der Waals surface area contributed by atoms with Crippen LogP contribution in [0, 0.1) is 11.8 Å². The van der Waals surface area contributed by atoms with Crippen molar-refractivity contribution in [1.82, 2.24) is 0 Å². The molecule has 0 N–H and O–H groups in total. The number of allylic oxidation sites excluding steroid dienone is 2. The van der Waals surface area contributed by atoms with Gasteiger partial charge in [0.15, 0.2) is 5.78 Å². The number of benzene rings is 5. The first-order valence-electron chi connectivity index (χ1n) is 14.9. The molecule has 1 heterocycles. The maximum atomic E-state index is 15.9. The molecule has 5 aromatic rings. The summed E-state index contributed by atoms with van der Waals surface area (Å²) in [4.78, 5) is 47.1. The van der Waals surface area contributed by atoms with Crippen molar-refractivity contribution in [2.75, 3.05) is 4.90 Å². The normalized spacial score (nSPS) is 25.0. The topological polar surface area (TPSA) is 54.5 Å². The monoisotopic (exact) mass is 703 g/mol. The van der Waals surface area contributed by atoms with Crippen molar-refractivity contribution < 1.29 is 14.4 Å². The highest BCUT2D eigenvalue weighted by Gasteiger charge is 2.82. The van der Waals surface area contributed by atoms with Crippen LogP contribution in [0.3, 0.4) is 0 Å². The second-order valence-electron chi connectivity index (χ2n) is 11.9. The minimum absolute atomic E-state index is 0.200. The Hall–Kier alpha value is -4.29. The smallest absolute Gasteiger partial charge is 0.239 e. The Balaban J connectivity index is 1.56. The van der Waals surface area contributed by atoms with Crippen molar-refractivity contribution in [3.05, 3.63) is 170 Å². The van der Waals surface area contributed by atoms with Gasteiger partial charge >= 0.3 is 0 Å². The highest BCUT2D eigenvalue weighted by Crippen LogP contribution is 2.74. The predicted molar refractivity (Wildman–Crippen MR) is 185 cm³/mol. The van der Waals surface area contributed by atoms with Crippen LogP contribution in [0.4, 0.5) is 5.69 Å². The van der Waals surface area contributed by atoms with E-state index in [1.165, 1.54) is 4.90 Å². The molecule has 0 unspecified atom stereocenters. The van der Waals surface area contributed by atoms with Gasteiger partial charge < -0.3 is 0 Å². The fraction of sp³-hybridized carbons (Fsp3) is 0.103. The number of fused-ring (bicyclic) bond motifs is 5. The maximum Gasteiger partial charge on any atom is 0.239 e. The molecule has 7 heteroatoms. The molecule has 2 fully saturated rings. The minimum Gasteiger partial charge on any atom is -0.297 e. The number of nitrogens with zero attached hydrogens (tertiary/aromatic N) is 1. The van der Waals surface area contributed by atoms with Crippen LogP contribution in [0.25, 0.3) is 11.1 Å². The Labute approximate surface area is 284 Å². The van der Waals surface area contributed by atoms with E-state index in [0.29, 0.717) is 26.9 Å². The predicted octanol–water partition coefficient (Wildman–Crippen LogP) is 8.94.